The molecular weight excluding hydrogens is 1750 g/mol. The smallest absolute Gasteiger partial charge is 0.123 e. The van der Waals surface area contributed by atoms with Gasteiger partial charge in [-0.05, 0) is 338 Å². The van der Waals surface area contributed by atoms with E-state index in [1.54, 1.807) is 24.3 Å². The van der Waals surface area contributed by atoms with Gasteiger partial charge in [-0.2, -0.15) is 0 Å². The Morgan fingerprint density at radius 1 is 0.345 bits per heavy atom. The van der Waals surface area contributed by atoms with Gasteiger partial charge in [0.25, 0.3) is 0 Å². The summed E-state index contributed by atoms with van der Waals surface area (Å²) in [6.45, 7) is 66.1. The van der Waals surface area contributed by atoms with Crippen LogP contribution in [-0.4, -0.2) is 183 Å². The van der Waals surface area contributed by atoms with Gasteiger partial charge in [-0.1, -0.05) is 375 Å². The number of likely N-dealkylation sites (tertiary alicyclic amines) is 2. The van der Waals surface area contributed by atoms with Gasteiger partial charge in [-0.3, -0.25) is 4.90 Å². The largest absolute Gasteiger partial charge is 0.395 e. The Morgan fingerprint density at radius 2 is 0.613 bits per heavy atom. The van der Waals surface area contributed by atoms with E-state index in [9.17, 15) is 8.78 Å². The molecule has 3 aliphatic rings. The molecule has 6 N–H and O–H groups in total. The maximum Gasteiger partial charge on any atom is 0.123 e. The van der Waals surface area contributed by atoms with Gasteiger partial charge in [0.2, 0.25) is 0 Å². The zero-order chi connectivity index (χ0) is 104. The summed E-state index contributed by atoms with van der Waals surface area (Å²) < 4.78 is 36.6. The van der Waals surface area contributed by atoms with E-state index in [0.717, 1.165) is 158 Å². The molecule has 142 heavy (non-hydrogen) atoms. The number of hydrogen-bond acceptors (Lipinski definition) is 11. The fourth-order valence-electron chi connectivity index (χ4n) is 18.3. The number of nitrogens with one attached hydrogen (secondary N) is 3. The molecule has 9 aromatic carbocycles. The molecular formula is C129H204F2N8O3. The molecule has 9 aromatic rings. The second-order valence-corrected chi connectivity index (χ2v) is 44.2. The first kappa shape index (κ1) is 127. The fourth-order valence-corrected chi connectivity index (χ4v) is 18.3. The molecule has 0 aromatic heterocycles. The molecule has 0 spiro atoms. The highest BCUT2D eigenvalue weighted by Gasteiger charge is 2.26. The summed E-state index contributed by atoms with van der Waals surface area (Å²) in [5, 5.41) is 18.8. The molecule has 11 nitrogen and oxygen atoms in total. The number of morpholine rings is 1. The summed E-state index contributed by atoms with van der Waals surface area (Å²) in [6.07, 6.45) is 16.8. The monoisotopic (exact) mass is 1950 g/mol. The van der Waals surface area contributed by atoms with Gasteiger partial charge in [0.05, 0.1) is 19.8 Å². The molecule has 12 rings (SSSR count). The number of aliphatic hydroxyl groups excluding tert-OH is 1. The Morgan fingerprint density at radius 3 is 0.887 bits per heavy atom. The summed E-state index contributed by atoms with van der Waals surface area (Å²) in [5.74, 6) is 11.5. The normalized spacial score (nSPS) is 15.2. The van der Waals surface area contributed by atoms with Gasteiger partial charge in [0, 0.05) is 65.1 Å². The van der Waals surface area contributed by atoms with Gasteiger partial charge in [-0.25, -0.2) is 8.78 Å². The first-order valence-electron chi connectivity index (χ1n) is 55.4. The van der Waals surface area contributed by atoms with Crippen LogP contribution in [0.1, 0.15) is 221 Å². The predicted molar refractivity (Wildman–Crippen MR) is 611 cm³/mol. The number of nitrogens with two attached hydrogens (primary N) is 1. The highest BCUT2D eigenvalue weighted by Crippen LogP contribution is 2.28. The van der Waals surface area contributed by atoms with E-state index in [4.69, 9.17) is 20.3 Å². The zero-order valence-electron chi connectivity index (χ0n) is 93.6. The number of benzene rings is 9. The maximum absolute atomic E-state index is 12.9. The van der Waals surface area contributed by atoms with Crippen molar-refractivity contribution in [1.29, 1.82) is 0 Å². The average molecular weight is 1950 g/mol. The first-order chi connectivity index (χ1) is 68.3. The third-order valence-electron chi connectivity index (χ3n) is 28.4. The Kier molecular flexibility index (Phi) is 69.4. The third kappa shape index (κ3) is 60.5. The van der Waals surface area contributed by atoms with Gasteiger partial charge in [0.1, 0.15) is 11.6 Å². The quantitative estimate of drug-likeness (QED) is 0.0235. The summed E-state index contributed by atoms with van der Waals surface area (Å²) >= 11 is 0. The van der Waals surface area contributed by atoms with E-state index in [1.165, 1.54) is 147 Å². The molecule has 3 fully saturated rings. The van der Waals surface area contributed by atoms with E-state index in [0.29, 0.717) is 65.8 Å². The molecule has 0 aliphatic carbocycles. The van der Waals surface area contributed by atoms with E-state index in [-0.39, 0.29) is 18.2 Å². The van der Waals surface area contributed by atoms with Crippen molar-refractivity contribution >= 4 is 0 Å². The van der Waals surface area contributed by atoms with Crippen molar-refractivity contribution in [2.24, 2.45) is 106 Å². The lowest BCUT2D eigenvalue weighted by Gasteiger charge is -2.32. The summed E-state index contributed by atoms with van der Waals surface area (Å²) in [4.78, 5) is 9.99. The lowest BCUT2D eigenvalue weighted by molar-refractivity contribution is 0.0271. The molecule has 3 aliphatic heterocycles. The fraction of sp³-hybridized carbons (Fsp3) is 0.581. The number of ether oxygens (including phenoxy) is 2. The minimum absolute atomic E-state index is 0.139. The van der Waals surface area contributed by atoms with E-state index in [1.807, 2.05) is 31.3 Å². The Labute approximate surface area is 869 Å². The average Bonchev–Trinajstić information content (AvgIpc) is 1.52. The van der Waals surface area contributed by atoms with Crippen LogP contribution < -0.4 is 21.7 Å². The lowest BCUT2D eigenvalue weighted by atomic mass is 9.88. The molecule has 9 atom stereocenters. The lowest BCUT2D eigenvalue weighted by Crippen LogP contribution is -2.40. The van der Waals surface area contributed by atoms with E-state index >= 15 is 0 Å². The molecule has 0 saturated carbocycles. The third-order valence-corrected chi connectivity index (χ3v) is 28.4. The van der Waals surface area contributed by atoms with Crippen LogP contribution in [0.2, 0.25) is 0 Å². The highest BCUT2D eigenvalue weighted by molar-refractivity contribution is 5.23. The van der Waals surface area contributed by atoms with Gasteiger partial charge >= 0.3 is 0 Å². The van der Waals surface area contributed by atoms with Crippen LogP contribution in [0.5, 0.6) is 0 Å². The van der Waals surface area contributed by atoms with Crippen LogP contribution >= 0.6 is 0 Å². The maximum atomic E-state index is 12.9. The number of aliphatic hydroxyl groups is 1. The molecule has 3 saturated heterocycles. The van der Waals surface area contributed by atoms with Gasteiger partial charge in [0.15, 0.2) is 0 Å². The summed E-state index contributed by atoms with van der Waals surface area (Å²) in [7, 11) is 6.22. The van der Waals surface area contributed by atoms with Crippen LogP contribution in [0.4, 0.5) is 8.78 Å². The second kappa shape index (κ2) is 77.8. The second-order valence-electron chi connectivity index (χ2n) is 44.2. The molecule has 0 radical (unpaired) electrons. The molecule has 0 bridgehead atoms. The standard InChI is InChI=1S/C16H24FN.C16H25NO.C16H25N.C15H25N.C14H22FN.C14H23NO.C13H21N.C13H20O.C12H19N/c1-13(2)15(12-18-9-3-4-10-18)11-14-5-7-16(17)8-6-14;1-14(2)16(12-15-6-4-3-5-7-15)13-17-8-10-18-11-9-17;1-14(2)16(13-17-10-6-7-11-17)12-15-8-4-3-5-9-15;1-12(2)15(11-16-13(3)4)10-14-8-6-5-7-9-14;1-11(2)13(10-16(3)4)9-12-5-7-14(15)8-6-12;1-12(2)14(11-15-8-9-16)10-13-6-4-3-5-7-13;1-11(2)13(10-14-3)9-12-7-5-4-6-8-12;1-3-9-14-11-12(2)10-13-7-5-4-6-8-13;1-10(2)12(9-13)8-11-6-4-3-5-7-11/h5-8,13,15H,3-4,9-12H2,1-2H3;3-7,14,16H,8-13H2,1-2H3;3-5,8-9,14,16H,6-7,10-13H2,1-2H3;5-9,12-13,15-16H,10-11H2,1-4H3;5-8,11,13H,9-10H2,1-4H3;3-7,12,14-16H,8-11H2,1-2H3;4-8,11,13-14H,9-10H2,1-3H3;4-8,12H,3,9-11H2,1-2H3;3-7,10,12H,8-9,13H2,1-2H3. The molecule has 792 valence electrons. The molecule has 9 unspecified atom stereocenters. The number of rotatable bonds is 48. The minimum Gasteiger partial charge on any atom is -0.395 e. The van der Waals surface area contributed by atoms with Crippen molar-refractivity contribution in [3.8, 4) is 0 Å². The minimum atomic E-state index is -0.155. The zero-order valence-corrected chi connectivity index (χ0v) is 93.6. The van der Waals surface area contributed by atoms with Gasteiger partial charge < -0.3 is 51.0 Å². The Bertz CT molecular complexity index is 4320. The van der Waals surface area contributed by atoms with Crippen molar-refractivity contribution in [3.05, 3.63) is 323 Å². The molecule has 13 heteroatoms. The van der Waals surface area contributed by atoms with Crippen LogP contribution in [-0.2, 0) is 67.3 Å². The van der Waals surface area contributed by atoms with Crippen LogP contribution in [0, 0.1) is 112 Å². The summed E-state index contributed by atoms with van der Waals surface area (Å²) in [6, 6.07) is 89.5. The molecule has 0 amide bonds. The SMILES string of the molecule is CC(C)C(CN)Cc1ccccc1.CC(C)C(CNCCO)Cc1ccccc1.CC(C)C(Cc1ccc(F)cc1)CN(C)C.CC(C)C(Cc1ccc(F)cc1)CN1CCCC1.CC(C)C(Cc1ccccc1)CN1CCCC1.CC(C)C(Cc1ccccc1)CN1CCOCC1.CC(C)NCC(Cc1ccccc1)C(C)C.CCCOCC(C)Cc1ccccc1.CNCC(Cc1ccccc1)C(C)C. The number of halogens is 2. The van der Waals surface area contributed by atoms with Crippen molar-refractivity contribution in [1.82, 2.24) is 35.6 Å². The van der Waals surface area contributed by atoms with Gasteiger partial charge in [-0.15, -0.1) is 0 Å². The predicted octanol–water partition coefficient (Wildman–Crippen LogP) is 27.4. The van der Waals surface area contributed by atoms with Crippen molar-refractivity contribution in [2.75, 3.05) is 152 Å². The number of nitrogens with zero attached hydrogens (tertiary/aromatic N) is 4. The van der Waals surface area contributed by atoms with E-state index < -0.39 is 0 Å². The Hall–Kier alpha value is -7.60. The van der Waals surface area contributed by atoms with Crippen molar-refractivity contribution in [3.63, 3.8) is 0 Å². The highest BCUT2D eigenvalue weighted by atomic mass is 19.1. The van der Waals surface area contributed by atoms with E-state index in [2.05, 4.69) is 400 Å². The van der Waals surface area contributed by atoms with Crippen LogP contribution in [0.3, 0.4) is 0 Å². The summed E-state index contributed by atoms with van der Waals surface area (Å²) in [5.41, 5.74) is 18.2. The molecule has 3 heterocycles. The first-order valence-corrected chi connectivity index (χ1v) is 55.4. The van der Waals surface area contributed by atoms with Crippen molar-refractivity contribution < 1.29 is 23.4 Å². The Balaban J connectivity index is 0.000000334. The van der Waals surface area contributed by atoms with Crippen LogP contribution in [0.15, 0.2) is 261 Å². The van der Waals surface area contributed by atoms with Crippen molar-refractivity contribution in [2.45, 2.75) is 234 Å². The number of hydrogen-bond donors (Lipinski definition) is 5. The van der Waals surface area contributed by atoms with Crippen LogP contribution in [0.25, 0.3) is 0 Å². The topological polar surface area (TPSA) is 114 Å².